The van der Waals surface area contributed by atoms with Gasteiger partial charge in [-0.3, -0.25) is 14.4 Å². The third-order valence-corrected chi connectivity index (χ3v) is 6.05. The van der Waals surface area contributed by atoms with Crippen LogP contribution in [0.2, 0.25) is 0 Å². The van der Waals surface area contributed by atoms with E-state index < -0.39 is 0 Å². The van der Waals surface area contributed by atoms with Gasteiger partial charge < -0.3 is 14.7 Å². The average Bonchev–Trinajstić information content (AvgIpc) is 3.10. The van der Waals surface area contributed by atoms with E-state index in [2.05, 4.69) is 0 Å². The molecule has 6 nitrogen and oxygen atoms in total. The molecule has 0 bridgehead atoms. The Hall–Kier alpha value is -2.37. The van der Waals surface area contributed by atoms with Gasteiger partial charge in [-0.05, 0) is 45.7 Å². The zero-order valence-corrected chi connectivity index (χ0v) is 17.2. The molecule has 0 radical (unpaired) electrons. The summed E-state index contributed by atoms with van der Waals surface area (Å²) in [5.41, 5.74) is 2.00. The molecular weight excluding hydrogens is 354 g/mol. The third-order valence-electron chi connectivity index (χ3n) is 6.05. The molecule has 6 heteroatoms. The van der Waals surface area contributed by atoms with Crippen molar-refractivity contribution in [3.8, 4) is 0 Å². The highest BCUT2D eigenvalue weighted by Crippen LogP contribution is 2.28. The molecule has 3 amide bonds. The molecule has 2 heterocycles. The molecule has 2 saturated heterocycles. The van der Waals surface area contributed by atoms with Crippen LogP contribution in [0.1, 0.15) is 38.7 Å². The van der Waals surface area contributed by atoms with Crippen LogP contribution < -0.4 is 4.90 Å². The lowest BCUT2D eigenvalue weighted by atomic mass is 9.94. The maximum atomic E-state index is 13.0. The summed E-state index contributed by atoms with van der Waals surface area (Å²) in [7, 11) is 0. The monoisotopic (exact) mass is 385 g/mol. The van der Waals surface area contributed by atoms with Gasteiger partial charge in [-0.1, -0.05) is 17.7 Å². The van der Waals surface area contributed by atoms with Crippen LogP contribution in [0.15, 0.2) is 24.3 Å². The second-order valence-corrected chi connectivity index (χ2v) is 7.85. The molecule has 152 valence electrons. The SMILES string of the molecule is CCN(CC)C(=O)C1CCN(C(=O)C2CC(=O)N(c3ccc(C)cc3)C2)CC1. The summed E-state index contributed by atoms with van der Waals surface area (Å²) in [4.78, 5) is 43.4. The number of carbonyl (C=O) groups is 3. The highest BCUT2D eigenvalue weighted by molar-refractivity contribution is 6.00. The number of hydrogen-bond donors (Lipinski definition) is 0. The minimum absolute atomic E-state index is 0.00815. The molecule has 2 aliphatic heterocycles. The normalized spacial score (nSPS) is 20.5. The molecule has 1 atom stereocenters. The van der Waals surface area contributed by atoms with E-state index >= 15 is 0 Å². The Morgan fingerprint density at radius 3 is 2.21 bits per heavy atom. The molecule has 1 aromatic carbocycles. The third kappa shape index (κ3) is 4.21. The Balaban J connectivity index is 1.56. The summed E-state index contributed by atoms with van der Waals surface area (Å²) in [5.74, 6) is -0.00811. The van der Waals surface area contributed by atoms with Crippen LogP contribution >= 0.6 is 0 Å². The van der Waals surface area contributed by atoms with Crippen molar-refractivity contribution in [3.05, 3.63) is 29.8 Å². The summed E-state index contributed by atoms with van der Waals surface area (Å²) in [6, 6.07) is 7.83. The average molecular weight is 386 g/mol. The van der Waals surface area contributed by atoms with Gasteiger partial charge in [0.25, 0.3) is 0 Å². The molecule has 1 unspecified atom stereocenters. The first kappa shape index (κ1) is 20.4. The Labute approximate surface area is 167 Å². The van der Waals surface area contributed by atoms with E-state index in [1.807, 2.05) is 54.8 Å². The van der Waals surface area contributed by atoms with Gasteiger partial charge >= 0.3 is 0 Å². The molecule has 0 saturated carbocycles. The van der Waals surface area contributed by atoms with Gasteiger partial charge in [0.15, 0.2) is 0 Å². The summed E-state index contributed by atoms with van der Waals surface area (Å²) in [6.45, 7) is 9.11. The summed E-state index contributed by atoms with van der Waals surface area (Å²) in [6.07, 6.45) is 1.69. The van der Waals surface area contributed by atoms with Crippen molar-refractivity contribution in [1.82, 2.24) is 9.80 Å². The lowest BCUT2D eigenvalue weighted by molar-refractivity contribution is -0.142. The molecular formula is C22H31N3O3. The van der Waals surface area contributed by atoms with Crippen molar-refractivity contribution in [2.45, 2.75) is 40.0 Å². The second-order valence-electron chi connectivity index (χ2n) is 7.85. The zero-order chi connectivity index (χ0) is 20.3. The smallest absolute Gasteiger partial charge is 0.228 e. The van der Waals surface area contributed by atoms with Gasteiger partial charge in [0.1, 0.15) is 0 Å². The standard InChI is InChI=1S/C22H31N3O3/c1-4-23(5-2)21(27)17-10-12-24(13-11-17)22(28)18-14-20(26)25(15-18)19-8-6-16(3)7-9-19/h6-9,17-18H,4-5,10-15H2,1-3H3. The fraction of sp³-hybridized carbons (Fsp3) is 0.591. The summed E-state index contributed by atoms with van der Waals surface area (Å²) in [5, 5.41) is 0. The number of nitrogens with zero attached hydrogens (tertiary/aromatic N) is 3. The summed E-state index contributed by atoms with van der Waals surface area (Å²) >= 11 is 0. The van der Waals surface area contributed by atoms with Crippen LogP contribution in [0.4, 0.5) is 5.69 Å². The van der Waals surface area contributed by atoms with Crippen LogP contribution in [0.5, 0.6) is 0 Å². The van der Waals surface area contributed by atoms with E-state index in [9.17, 15) is 14.4 Å². The van der Waals surface area contributed by atoms with E-state index in [0.29, 0.717) is 32.5 Å². The predicted molar refractivity (Wildman–Crippen MR) is 109 cm³/mol. The maximum Gasteiger partial charge on any atom is 0.228 e. The molecule has 1 aromatic rings. The molecule has 3 rings (SSSR count). The molecule has 2 aliphatic rings. The Morgan fingerprint density at radius 2 is 1.64 bits per heavy atom. The van der Waals surface area contributed by atoms with Gasteiger partial charge in [0.2, 0.25) is 17.7 Å². The number of amides is 3. The largest absolute Gasteiger partial charge is 0.343 e. The number of benzene rings is 1. The molecule has 2 fully saturated rings. The Morgan fingerprint density at radius 1 is 1.04 bits per heavy atom. The maximum absolute atomic E-state index is 13.0. The first-order valence-electron chi connectivity index (χ1n) is 10.4. The van der Waals surface area contributed by atoms with E-state index in [-0.39, 0.29) is 36.0 Å². The van der Waals surface area contributed by atoms with E-state index in [4.69, 9.17) is 0 Å². The molecule has 28 heavy (non-hydrogen) atoms. The van der Waals surface area contributed by atoms with E-state index in [1.54, 1.807) is 4.90 Å². The topological polar surface area (TPSA) is 60.9 Å². The summed E-state index contributed by atoms with van der Waals surface area (Å²) < 4.78 is 0. The number of rotatable bonds is 5. The second kappa shape index (κ2) is 8.76. The van der Waals surface area contributed by atoms with Gasteiger partial charge in [0.05, 0.1) is 5.92 Å². The zero-order valence-electron chi connectivity index (χ0n) is 17.2. The number of aryl methyl sites for hydroxylation is 1. The quantitative estimate of drug-likeness (QED) is 0.782. The van der Waals surface area contributed by atoms with Crippen LogP contribution in [0.25, 0.3) is 0 Å². The Kier molecular flexibility index (Phi) is 6.37. The number of piperidine rings is 1. The van der Waals surface area contributed by atoms with Gasteiger partial charge in [-0.2, -0.15) is 0 Å². The minimum atomic E-state index is -0.288. The van der Waals surface area contributed by atoms with Crippen LogP contribution in [0.3, 0.4) is 0 Å². The predicted octanol–water partition coefficient (Wildman–Crippen LogP) is 2.45. The van der Waals surface area contributed by atoms with Crippen molar-refractivity contribution >= 4 is 23.4 Å². The molecule has 0 N–H and O–H groups in total. The highest BCUT2D eigenvalue weighted by atomic mass is 16.2. The lowest BCUT2D eigenvalue weighted by Gasteiger charge is -2.34. The minimum Gasteiger partial charge on any atom is -0.343 e. The first-order chi connectivity index (χ1) is 13.4. The van der Waals surface area contributed by atoms with Crippen molar-refractivity contribution in [2.24, 2.45) is 11.8 Å². The van der Waals surface area contributed by atoms with E-state index in [1.165, 1.54) is 0 Å². The fourth-order valence-corrected chi connectivity index (χ4v) is 4.25. The molecule has 0 aliphatic carbocycles. The van der Waals surface area contributed by atoms with Gasteiger partial charge in [-0.25, -0.2) is 0 Å². The highest BCUT2D eigenvalue weighted by Gasteiger charge is 2.38. The van der Waals surface area contributed by atoms with Crippen molar-refractivity contribution < 1.29 is 14.4 Å². The first-order valence-corrected chi connectivity index (χ1v) is 10.4. The lowest BCUT2D eigenvalue weighted by Crippen LogP contribution is -2.46. The van der Waals surface area contributed by atoms with Crippen molar-refractivity contribution in [2.75, 3.05) is 37.6 Å². The number of carbonyl (C=O) groups excluding carboxylic acids is 3. The van der Waals surface area contributed by atoms with Crippen molar-refractivity contribution in [1.29, 1.82) is 0 Å². The number of anilines is 1. The van der Waals surface area contributed by atoms with Gasteiger partial charge in [-0.15, -0.1) is 0 Å². The fourth-order valence-electron chi connectivity index (χ4n) is 4.25. The van der Waals surface area contributed by atoms with Crippen LogP contribution in [-0.2, 0) is 14.4 Å². The van der Waals surface area contributed by atoms with Crippen LogP contribution in [-0.4, -0.2) is 60.2 Å². The Bertz CT molecular complexity index is 719. The van der Waals surface area contributed by atoms with E-state index in [0.717, 1.165) is 24.3 Å². The number of hydrogen-bond acceptors (Lipinski definition) is 3. The van der Waals surface area contributed by atoms with Crippen LogP contribution in [0, 0.1) is 18.8 Å². The molecule has 0 aromatic heterocycles. The van der Waals surface area contributed by atoms with Gasteiger partial charge in [0, 0.05) is 50.7 Å². The van der Waals surface area contributed by atoms with Crippen molar-refractivity contribution in [3.63, 3.8) is 0 Å². The molecule has 0 spiro atoms. The number of likely N-dealkylation sites (tertiary alicyclic amines) is 1.